The number of benzene rings is 1. The van der Waals surface area contributed by atoms with Crippen molar-refractivity contribution in [1.82, 2.24) is 5.32 Å². The fraction of sp³-hybridized carbons (Fsp3) is 0.600. The molecule has 0 amide bonds. The van der Waals surface area contributed by atoms with E-state index in [1.54, 1.807) is 0 Å². The van der Waals surface area contributed by atoms with Gasteiger partial charge in [-0.15, -0.1) is 0 Å². The van der Waals surface area contributed by atoms with E-state index in [0.29, 0.717) is 16.7 Å². The lowest BCUT2D eigenvalue weighted by atomic mass is 9.76. The second-order valence-corrected chi connectivity index (χ2v) is 7.34. The molecule has 0 spiro atoms. The summed E-state index contributed by atoms with van der Waals surface area (Å²) < 4.78 is 0.579. The molecule has 0 atom stereocenters. The average molecular weight is 282 g/mol. The molecule has 98 valence electrons. The maximum absolute atomic E-state index is 6.24. The van der Waals surface area contributed by atoms with E-state index in [1.807, 2.05) is 23.9 Å². The summed E-state index contributed by atoms with van der Waals surface area (Å²) in [6, 6.07) is 8.98. The van der Waals surface area contributed by atoms with Crippen LogP contribution in [-0.2, 0) is 0 Å². The van der Waals surface area contributed by atoms with Gasteiger partial charge in [0.15, 0.2) is 0 Å². The molecule has 0 aromatic heterocycles. The number of nitrogens with one attached hydrogen (secondary N) is 1. The molecule has 1 aromatic rings. The minimum Gasteiger partial charge on any atom is -0.313 e. The van der Waals surface area contributed by atoms with Gasteiger partial charge in [-0.1, -0.05) is 29.8 Å². The van der Waals surface area contributed by atoms with E-state index in [9.17, 15) is 0 Å². The molecule has 2 saturated carbocycles. The number of hydrogen-bond acceptors (Lipinski definition) is 2. The highest BCUT2D eigenvalue weighted by Crippen LogP contribution is 2.47. The van der Waals surface area contributed by atoms with Crippen molar-refractivity contribution in [2.45, 2.75) is 42.4 Å². The average Bonchev–Trinajstić information content (AvgIpc) is 3.10. The third-order valence-corrected chi connectivity index (χ3v) is 6.20. The van der Waals surface area contributed by atoms with Crippen LogP contribution in [0.25, 0.3) is 0 Å². The molecule has 2 fully saturated rings. The molecule has 3 rings (SSSR count). The molecular formula is C15H20ClNS. The van der Waals surface area contributed by atoms with Gasteiger partial charge in [-0.05, 0) is 49.5 Å². The predicted molar refractivity (Wildman–Crippen MR) is 80.7 cm³/mol. The Morgan fingerprint density at radius 3 is 2.67 bits per heavy atom. The van der Waals surface area contributed by atoms with Gasteiger partial charge < -0.3 is 5.32 Å². The summed E-state index contributed by atoms with van der Waals surface area (Å²) in [5, 5.41) is 4.66. The normalized spacial score (nSPS) is 28.8. The zero-order chi connectivity index (χ0) is 12.6. The van der Waals surface area contributed by atoms with Crippen molar-refractivity contribution < 1.29 is 0 Å². The Bertz CT molecular complexity index is 424. The van der Waals surface area contributed by atoms with Crippen molar-refractivity contribution in [1.29, 1.82) is 0 Å². The van der Waals surface area contributed by atoms with Crippen LogP contribution in [0.2, 0.25) is 5.02 Å². The first-order valence-corrected chi connectivity index (χ1v) is 8.36. The van der Waals surface area contributed by atoms with Gasteiger partial charge in [-0.2, -0.15) is 11.8 Å². The van der Waals surface area contributed by atoms with Crippen LogP contribution in [0.1, 0.15) is 37.2 Å². The Kier molecular flexibility index (Phi) is 3.61. The van der Waals surface area contributed by atoms with Gasteiger partial charge >= 0.3 is 0 Å². The van der Waals surface area contributed by atoms with Crippen molar-refractivity contribution in [3.8, 4) is 0 Å². The molecule has 2 aliphatic carbocycles. The summed E-state index contributed by atoms with van der Waals surface area (Å²) in [5.41, 5.74) is 1.34. The summed E-state index contributed by atoms with van der Waals surface area (Å²) >= 11 is 8.27. The van der Waals surface area contributed by atoms with Crippen LogP contribution in [-0.4, -0.2) is 23.6 Å². The zero-order valence-electron chi connectivity index (χ0n) is 10.8. The van der Waals surface area contributed by atoms with E-state index in [4.69, 9.17) is 11.6 Å². The molecule has 0 saturated heterocycles. The summed E-state index contributed by atoms with van der Waals surface area (Å²) in [4.78, 5) is 0. The topological polar surface area (TPSA) is 12.0 Å². The maximum atomic E-state index is 6.24. The van der Waals surface area contributed by atoms with Gasteiger partial charge in [0.1, 0.15) is 0 Å². The van der Waals surface area contributed by atoms with E-state index >= 15 is 0 Å². The highest BCUT2D eigenvalue weighted by Gasteiger charge is 2.42. The van der Waals surface area contributed by atoms with Crippen LogP contribution in [0.3, 0.4) is 0 Å². The minimum atomic E-state index is 0.579. The monoisotopic (exact) mass is 281 g/mol. The van der Waals surface area contributed by atoms with Crippen molar-refractivity contribution in [3.63, 3.8) is 0 Å². The lowest BCUT2D eigenvalue weighted by Crippen LogP contribution is -2.43. The van der Waals surface area contributed by atoms with E-state index in [0.717, 1.165) is 5.02 Å². The van der Waals surface area contributed by atoms with E-state index in [1.165, 1.54) is 37.8 Å². The van der Waals surface area contributed by atoms with Crippen molar-refractivity contribution in [2.24, 2.45) is 0 Å². The van der Waals surface area contributed by atoms with Crippen LogP contribution in [0.4, 0.5) is 0 Å². The fourth-order valence-corrected chi connectivity index (χ4v) is 3.80. The smallest absolute Gasteiger partial charge is 0.0440 e. The zero-order valence-corrected chi connectivity index (χ0v) is 12.4. The van der Waals surface area contributed by atoms with Crippen LogP contribution in [0.15, 0.2) is 24.3 Å². The third kappa shape index (κ3) is 2.56. The van der Waals surface area contributed by atoms with Gasteiger partial charge in [-0.25, -0.2) is 0 Å². The van der Waals surface area contributed by atoms with Gasteiger partial charge in [0.2, 0.25) is 0 Å². The first-order valence-electron chi connectivity index (χ1n) is 6.75. The summed E-state index contributed by atoms with van der Waals surface area (Å²) in [7, 11) is 0. The van der Waals surface area contributed by atoms with E-state index in [2.05, 4.69) is 23.7 Å². The number of halogens is 1. The molecule has 1 nitrogen and oxygen atoms in total. The minimum absolute atomic E-state index is 0.579. The molecule has 0 radical (unpaired) electrons. The van der Waals surface area contributed by atoms with E-state index < -0.39 is 0 Å². The van der Waals surface area contributed by atoms with Crippen molar-refractivity contribution in [2.75, 3.05) is 12.8 Å². The van der Waals surface area contributed by atoms with Crippen LogP contribution in [0, 0.1) is 0 Å². The van der Waals surface area contributed by atoms with Gasteiger partial charge in [0, 0.05) is 22.4 Å². The summed E-state index contributed by atoms with van der Waals surface area (Å²) in [6.07, 6.45) is 7.51. The molecule has 1 aromatic carbocycles. The summed E-state index contributed by atoms with van der Waals surface area (Å²) in [6.45, 7) is 1.19. The first-order chi connectivity index (χ1) is 8.72. The number of hydrogen-bond donors (Lipinski definition) is 1. The summed E-state index contributed by atoms with van der Waals surface area (Å²) in [5.74, 6) is 0.667. The SMILES string of the molecule is CSC1(CNC2CC(c3ccccc3Cl)C2)CC1. The second-order valence-electron chi connectivity index (χ2n) is 5.65. The number of rotatable bonds is 5. The highest BCUT2D eigenvalue weighted by atomic mass is 35.5. The van der Waals surface area contributed by atoms with E-state index in [-0.39, 0.29) is 0 Å². The molecule has 0 unspecified atom stereocenters. The molecule has 0 bridgehead atoms. The highest BCUT2D eigenvalue weighted by molar-refractivity contribution is 8.00. The second kappa shape index (κ2) is 5.07. The molecule has 1 N–H and O–H groups in total. The van der Waals surface area contributed by atoms with Crippen molar-refractivity contribution >= 4 is 23.4 Å². The molecule has 0 heterocycles. The Morgan fingerprint density at radius 1 is 1.33 bits per heavy atom. The molecule has 2 aliphatic rings. The van der Waals surface area contributed by atoms with Crippen LogP contribution >= 0.6 is 23.4 Å². The van der Waals surface area contributed by atoms with Gasteiger partial charge in [0.25, 0.3) is 0 Å². The van der Waals surface area contributed by atoms with Gasteiger partial charge in [-0.3, -0.25) is 0 Å². The predicted octanol–water partition coefficient (Wildman–Crippen LogP) is 4.07. The Labute approximate surface area is 119 Å². The Hall–Kier alpha value is -0.180. The molecular weight excluding hydrogens is 262 g/mol. The molecule has 18 heavy (non-hydrogen) atoms. The maximum Gasteiger partial charge on any atom is 0.0440 e. The van der Waals surface area contributed by atoms with Crippen LogP contribution in [0.5, 0.6) is 0 Å². The van der Waals surface area contributed by atoms with Crippen molar-refractivity contribution in [3.05, 3.63) is 34.9 Å². The largest absolute Gasteiger partial charge is 0.313 e. The first kappa shape index (κ1) is 12.8. The Balaban J connectivity index is 1.47. The third-order valence-electron chi connectivity index (χ3n) is 4.44. The Morgan fingerprint density at radius 2 is 2.06 bits per heavy atom. The van der Waals surface area contributed by atoms with Crippen LogP contribution < -0.4 is 5.32 Å². The standard InChI is InChI=1S/C15H20ClNS/c1-18-15(6-7-15)10-17-12-8-11(9-12)13-4-2-3-5-14(13)16/h2-5,11-12,17H,6-10H2,1H3. The lowest BCUT2D eigenvalue weighted by Gasteiger charge is -2.37. The quantitative estimate of drug-likeness (QED) is 0.873. The molecule has 3 heteroatoms. The number of thioether (sulfide) groups is 1. The lowest BCUT2D eigenvalue weighted by molar-refractivity contribution is 0.291. The molecule has 0 aliphatic heterocycles. The fourth-order valence-electron chi connectivity index (χ4n) is 2.77. The van der Waals surface area contributed by atoms with Gasteiger partial charge in [0.05, 0.1) is 0 Å².